The minimum atomic E-state index is -0.504. The first-order valence-corrected chi connectivity index (χ1v) is 8.03. The lowest BCUT2D eigenvalue weighted by Crippen LogP contribution is -2.30. The number of hydrogen-bond acceptors (Lipinski definition) is 4. The molecule has 3 rings (SSSR count). The Morgan fingerprint density at radius 3 is 2.65 bits per heavy atom. The summed E-state index contributed by atoms with van der Waals surface area (Å²) < 4.78 is 13.4. The van der Waals surface area contributed by atoms with Crippen LogP contribution in [0.25, 0.3) is 0 Å². The van der Waals surface area contributed by atoms with Gasteiger partial charge in [0.2, 0.25) is 0 Å². The first kappa shape index (κ1) is 15.5. The van der Waals surface area contributed by atoms with Gasteiger partial charge in [0.05, 0.1) is 4.92 Å². The summed E-state index contributed by atoms with van der Waals surface area (Å²) in [6, 6.07) is 11.7. The summed E-state index contributed by atoms with van der Waals surface area (Å²) in [7, 11) is 0. The Labute approximate surface area is 136 Å². The van der Waals surface area contributed by atoms with E-state index < -0.39 is 4.92 Å². The van der Waals surface area contributed by atoms with Gasteiger partial charge in [-0.05, 0) is 29.8 Å². The molecule has 0 radical (unpaired) electrons. The van der Waals surface area contributed by atoms with Gasteiger partial charge in [0.15, 0.2) is 0 Å². The summed E-state index contributed by atoms with van der Waals surface area (Å²) >= 11 is 1.57. The molecule has 2 aromatic carbocycles. The lowest BCUT2D eigenvalue weighted by Gasteiger charge is -2.24. The molecular weight excluding hydrogens is 319 g/mol. The Hall–Kier alpha value is -2.41. The highest BCUT2D eigenvalue weighted by molar-refractivity contribution is 7.99. The number of hydrogen-bond donors (Lipinski definition) is 0. The molecular formula is C16H13FN2O3S. The smallest absolute Gasteiger partial charge is 0.269 e. The molecule has 0 bridgehead atoms. The van der Waals surface area contributed by atoms with Gasteiger partial charge in [-0.25, -0.2) is 4.39 Å². The maximum atomic E-state index is 13.4. The van der Waals surface area contributed by atoms with Crippen molar-refractivity contribution in [3.05, 3.63) is 75.6 Å². The fourth-order valence-electron chi connectivity index (χ4n) is 2.51. The molecule has 23 heavy (non-hydrogen) atoms. The average Bonchev–Trinajstić information content (AvgIpc) is 3.04. The van der Waals surface area contributed by atoms with Gasteiger partial charge in [-0.3, -0.25) is 14.9 Å². The number of nitro benzene ring substituents is 1. The van der Waals surface area contributed by atoms with Gasteiger partial charge in [0.25, 0.3) is 11.6 Å². The molecule has 2 aromatic rings. The lowest BCUT2D eigenvalue weighted by atomic mass is 10.1. The minimum Gasteiger partial charge on any atom is -0.322 e. The number of benzene rings is 2. The molecule has 1 heterocycles. The van der Waals surface area contributed by atoms with Gasteiger partial charge in [-0.15, -0.1) is 11.8 Å². The number of carbonyl (C=O) groups is 1. The summed E-state index contributed by atoms with van der Waals surface area (Å²) in [5, 5.41) is 10.4. The third-order valence-electron chi connectivity index (χ3n) is 3.61. The van der Waals surface area contributed by atoms with Crippen LogP contribution in [-0.4, -0.2) is 28.0 Å². The number of thioether (sulfide) groups is 1. The van der Waals surface area contributed by atoms with E-state index in [4.69, 9.17) is 0 Å². The molecule has 0 aromatic heterocycles. The van der Waals surface area contributed by atoms with Crippen LogP contribution < -0.4 is 0 Å². The maximum Gasteiger partial charge on any atom is 0.269 e. The summed E-state index contributed by atoms with van der Waals surface area (Å²) in [6.07, 6.45) is 0. The average molecular weight is 332 g/mol. The van der Waals surface area contributed by atoms with Crippen LogP contribution in [0.15, 0.2) is 48.5 Å². The fourth-order valence-corrected chi connectivity index (χ4v) is 3.75. The van der Waals surface area contributed by atoms with Gasteiger partial charge in [-0.1, -0.05) is 12.1 Å². The number of carbonyl (C=O) groups excluding carboxylic acids is 1. The second kappa shape index (κ2) is 6.37. The molecule has 1 aliphatic heterocycles. The highest BCUT2D eigenvalue weighted by atomic mass is 32.2. The molecule has 0 spiro atoms. The van der Waals surface area contributed by atoms with Crippen LogP contribution in [0.4, 0.5) is 10.1 Å². The van der Waals surface area contributed by atoms with Crippen LogP contribution in [0, 0.1) is 15.9 Å². The van der Waals surface area contributed by atoms with Crippen molar-refractivity contribution < 1.29 is 14.1 Å². The van der Waals surface area contributed by atoms with Crippen molar-refractivity contribution in [2.75, 3.05) is 12.3 Å². The number of halogens is 1. The number of rotatable bonds is 3. The van der Waals surface area contributed by atoms with E-state index in [1.165, 1.54) is 36.4 Å². The van der Waals surface area contributed by atoms with Crippen molar-refractivity contribution in [2.45, 2.75) is 5.37 Å². The third-order valence-corrected chi connectivity index (χ3v) is 4.87. The quantitative estimate of drug-likeness (QED) is 0.636. The highest BCUT2D eigenvalue weighted by Crippen LogP contribution is 2.38. The van der Waals surface area contributed by atoms with Crippen molar-refractivity contribution in [1.29, 1.82) is 0 Å². The molecule has 118 valence electrons. The van der Waals surface area contributed by atoms with Gasteiger partial charge in [-0.2, -0.15) is 0 Å². The normalized spacial score (nSPS) is 17.3. The van der Waals surface area contributed by atoms with Crippen LogP contribution in [0.2, 0.25) is 0 Å². The van der Waals surface area contributed by atoms with Gasteiger partial charge >= 0.3 is 0 Å². The SMILES string of the molecule is O=C(c1ccc([N+](=O)[O-])cc1)N1CCS[C@@H]1c1cccc(F)c1. The molecule has 0 N–H and O–H groups in total. The lowest BCUT2D eigenvalue weighted by molar-refractivity contribution is -0.384. The zero-order valence-electron chi connectivity index (χ0n) is 12.0. The van der Waals surface area contributed by atoms with Gasteiger partial charge in [0, 0.05) is 30.0 Å². The Kier molecular flexibility index (Phi) is 4.29. The maximum absolute atomic E-state index is 13.4. The number of non-ortho nitro benzene ring substituents is 1. The minimum absolute atomic E-state index is 0.0565. The largest absolute Gasteiger partial charge is 0.322 e. The molecule has 0 saturated carbocycles. The predicted molar refractivity (Wildman–Crippen MR) is 85.7 cm³/mol. The van der Waals surface area contributed by atoms with E-state index in [0.717, 1.165) is 11.3 Å². The Balaban J connectivity index is 1.84. The first-order valence-electron chi connectivity index (χ1n) is 6.99. The highest BCUT2D eigenvalue weighted by Gasteiger charge is 2.31. The predicted octanol–water partition coefficient (Wildman–Crippen LogP) is 3.62. The van der Waals surface area contributed by atoms with E-state index in [2.05, 4.69) is 0 Å². The second-order valence-electron chi connectivity index (χ2n) is 5.08. The molecule has 0 aliphatic carbocycles. The number of nitrogens with zero attached hydrogens (tertiary/aromatic N) is 2. The molecule has 1 aliphatic rings. The van der Waals surface area contributed by atoms with Crippen LogP contribution >= 0.6 is 11.8 Å². The summed E-state index contributed by atoms with van der Waals surface area (Å²) in [5.41, 5.74) is 1.07. The number of nitro groups is 1. The molecule has 7 heteroatoms. The van der Waals surface area contributed by atoms with E-state index in [1.807, 2.05) is 0 Å². The molecule has 5 nitrogen and oxygen atoms in total. The fraction of sp³-hybridized carbons (Fsp3) is 0.188. The Bertz CT molecular complexity index is 751. The summed E-state index contributed by atoms with van der Waals surface area (Å²) in [5.74, 6) is 0.219. The monoisotopic (exact) mass is 332 g/mol. The summed E-state index contributed by atoms with van der Waals surface area (Å²) in [4.78, 5) is 24.5. The first-order chi connectivity index (χ1) is 11.1. The number of amides is 1. The zero-order chi connectivity index (χ0) is 16.4. The standard InChI is InChI=1S/C16H13FN2O3S/c17-13-3-1-2-12(10-13)16-18(8-9-23-16)15(20)11-4-6-14(7-5-11)19(21)22/h1-7,10,16H,8-9H2/t16-/m1/s1. The topological polar surface area (TPSA) is 63.4 Å². The second-order valence-corrected chi connectivity index (χ2v) is 6.27. The molecule has 1 saturated heterocycles. The van der Waals surface area contributed by atoms with Crippen LogP contribution in [0.1, 0.15) is 21.3 Å². The van der Waals surface area contributed by atoms with Crippen molar-refractivity contribution in [2.24, 2.45) is 0 Å². The Morgan fingerprint density at radius 1 is 1.26 bits per heavy atom. The van der Waals surface area contributed by atoms with Crippen molar-refractivity contribution in [3.8, 4) is 0 Å². The van der Waals surface area contributed by atoms with E-state index >= 15 is 0 Å². The van der Waals surface area contributed by atoms with Crippen LogP contribution in [0.5, 0.6) is 0 Å². The Morgan fingerprint density at radius 2 is 2.00 bits per heavy atom. The van der Waals surface area contributed by atoms with Crippen molar-refractivity contribution in [1.82, 2.24) is 4.90 Å². The summed E-state index contributed by atoms with van der Waals surface area (Å²) in [6.45, 7) is 0.557. The van der Waals surface area contributed by atoms with Crippen molar-refractivity contribution >= 4 is 23.4 Å². The van der Waals surface area contributed by atoms with Gasteiger partial charge in [0.1, 0.15) is 11.2 Å². The van der Waals surface area contributed by atoms with Gasteiger partial charge < -0.3 is 4.90 Å². The zero-order valence-corrected chi connectivity index (χ0v) is 12.8. The third kappa shape index (κ3) is 3.19. The van der Waals surface area contributed by atoms with Crippen LogP contribution in [-0.2, 0) is 0 Å². The van der Waals surface area contributed by atoms with E-state index in [9.17, 15) is 19.3 Å². The van der Waals surface area contributed by atoms with Crippen LogP contribution in [0.3, 0.4) is 0 Å². The molecule has 1 atom stereocenters. The van der Waals surface area contributed by atoms with Crippen molar-refractivity contribution in [3.63, 3.8) is 0 Å². The van der Waals surface area contributed by atoms with E-state index in [-0.39, 0.29) is 22.8 Å². The molecule has 1 amide bonds. The molecule has 0 unspecified atom stereocenters. The van der Waals surface area contributed by atoms with E-state index in [0.29, 0.717) is 12.1 Å². The molecule has 1 fully saturated rings. The van der Waals surface area contributed by atoms with E-state index in [1.54, 1.807) is 28.8 Å².